The van der Waals surface area contributed by atoms with Gasteiger partial charge in [-0.25, -0.2) is 4.98 Å². The highest BCUT2D eigenvalue weighted by atomic mass is 32.1. The van der Waals surface area contributed by atoms with Crippen LogP contribution in [0.5, 0.6) is 0 Å². The lowest BCUT2D eigenvalue weighted by molar-refractivity contribution is 0.0874. The van der Waals surface area contributed by atoms with Crippen LogP contribution in [0.2, 0.25) is 0 Å². The van der Waals surface area contributed by atoms with Gasteiger partial charge in [-0.3, -0.25) is 9.20 Å². The SMILES string of the molecule is Cc1ccccc1-c1cn2c(C(=O)NC(CO)CO)csc2n1. The van der Waals surface area contributed by atoms with E-state index in [0.29, 0.717) is 5.69 Å². The van der Waals surface area contributed by atoms with Gasteiger partial charge in [-0.1, -0.05) is 24.3 Å². The molecule has 0 aliphatic heterocycles. The molecule has 120 valence electrons. The minimum atomic E-state index is -0.670. The molecule has 1 amide bonds. The molecule has 2 aromatic heterocycles. The molecule has 0 aliphatic carbocycles. The van der Waals surface area contributed by atoms with Gasteiger partial charge in [-0.15, -0.1) is 11.3 Å². The fourth-order valence-electron chi connectivity index (χ4n) is 2.35. The lowest BCUT2D eigenvalue weighted by atomic mass is 10.1. The van der Waals surface area contributed by atoms with Crippen LogP contribution >= 0.6 is 11.3 Å². The summed E-state index contributed by atoms with van der Waals surface area (Å²) in [6.45, 7) is 1.39. The summed E-state index contributed by atoms with van der Waals surface area (Å²) in [6.07, 6.45) is 1.83. The van der Waals surface area contributed by atoms with E-state index >= 15 is 0 Å². The second-order valence-corrected chi connectivity index (χ2v) is 6.09. The summed E-state index contributed by atoms with van der Waals surface area (Å²) in [7, 11) is 0. The van der Waals surface area contributed by atoms with E-state index in [1.54, 1.807) is 9.78 Å². The molecule has 0 bridgehead atoms. The highest BCUT2D eigenvalue weighted by Gasteiger charge is 2.18. The second-order valence-electron chi connectivity index (χ2n) is 5.25. The molecule has 0 atom stereocenters. The summed E-state index contributed by atoms with van der Waals surface area (Å²) < 4.78 is 1.73. The number of nitrogens with zero attached hydrogens (tertiary/aromatic N) is 2. The van der Waals surface area contributed by atoms with Crippen molar-refractivity contribution in [2.45, 2.75) is 13.0 Å². The van der Waals surface area contributed by atoms with Crippen molar-refractivity contribution >= 4 is 22.2 Å². The van der Waals surface area contributed by atoms with Crippen molar-refractivity contribution in [3.05, 3.63) is 47.1 Å². The van der Waals surface area contributed by atoms with Crippen molar-refractivity contribution in [2.24, 2.45) is 0 Å². The number of carbonyl (C=O) groups excluding carboxylic acids is 1. The molecule has 3 N–H and O–H groups in total. The van der Waals surface area contributed by atoms with Crippen LogP contribution in [0, 0.1) is 6.92 Å². The van der Waals surface area contributed by atoms with Crippen LogP contribution in [0.25, 0.3) is 16.2 Å². The molecular formula is C16H17N3O3S. The van der Waals surface area contributed by atoms with E-state index in [1.807, 2.05) is 37.4 Å². The molecule has 0 unspecified atom stereocenters. The average Bonchev–Trinajstić information content (AvgIpc) is 3.13. The van der Waals surface area contributed by atoms with Crippen molar-refractivity contribution < 1.29 is 15.0 Å². The van der Waals surface area contributed by atoms with Crippen molar-refractivity contribution in [1.82, 2.24) is 14.7 Å². The van der Waals surface area contributed by atoms with Gasteiger partial charge in [0.15, 0.2) is 4.96 Å². The zero-order chi connectivity index (χ0) is 16.4. The Morgan fingerprint density at radius 2 is 2.09 bits per heavy atom. The van der Waals surface area contributed by atoms with Gasteiger partial charge in [0.1, 0.15) is 5.69 Å². The van der Waals surface area contributed by atoms with Crippen LogP contribution in [0.3, 0.4) is 0 Å². The zero-order valence-electron chi connectivity index (χ0n) is 12.6. The lowest BCUT2D eigenvalue weighted by Gasteiger charge is -2.12. The second kappa shape index (κ2) is 6.49. The smallest absolute Gasteiger partial charge is 0.269 e. The van der Waals surface area contributed by atoms with E-state index in [1.165, 1.54) is 11.3 Å². The first-order valence-corrected chi connectivity index (χ1v) is 8.07. The van der Waals surface area contributed by atoms with Gasteiger partial charge in [0.2, 0.25) is 0 Å². The molecule has 2 heterocycles. The molecule has 23 heavy (non-hydrogen) atoms. The van der Waals surface area contributed by atoms with Crippen LogP contribution in [0.15, 0.2) is 35.8 Å². The zero-order valence-corrected chi connectivity index (χ0v) is 13.4. The third-order valence-corrected chi connectivity index (χ3v) is 4.48. The number of rotatable bonds is 5. The Bertz CT molecular complexity index is 836. The summed E-state index contributed by atoms with van der Waals surface area (Å²) in [5.41, 5.74) is 3.39. The molecule has 0 fully saturated rings. The summed E-state index contributed by atoms with van der Waals surface area (Å²) in [6, 6.07) is 7.27. The summed E-state index contributed by atoms with van der Waals surface area (Å²) in [4.78, 5) is 17.6. The monoisotopic (exact) mass is 331 g/mol. The largest absolute Gasteiger partial charge is 0.394 e. The topological polar surface area (TPSA) is 86.9 Å². The van der Waals surface area contributed by atoms with Gasteiger partial charge in [0.25, 0.3) is 5.91 Å². The molecule has 0 saturated heterocycles. The molecule has 0 radical (unpaired) electrons. The number of hydrogen-bond donors (Lipinski definition) is 3. The van der Waals surface area contributed by atoms with E-state index < -0.39 is 6.04 Å². The van der Waals surface area contributed by atoms with Crippen molar-refractivity contribution in [1.29, 1.82) is 0 Å². The molecule has 0 aliphatic rings. The first-order valence-electron chi connectivity index (χ1n) is 7.19. The number of benzene rings is 1. The number of nitrogens with one attached hydrogen (secondary N) is 1. The first kappa shape index (κ1) is 15.7. The van der Waals surface area contributed by atoms with E-state index in [0.717, 1.165) is 21.8 Å². The number of imidazole rings is 1. The van der Waals surface area contributed by atoms with Crippen LogP contribution in [0.4, 0.5) is 0 Å². The number of thiazole rings is 1. The standard InChI is InChI=1S/C16H17N3O3S/c1-10-4-2-3-5-12(10)13-6-19-14(9-23-16(19)18-13)15(22)17-11(7-20)8-21/h2-6,9,11,20-21H,7-8H2,1H3,(H,17,22). The first-order chi connectivity index (χ1) is 11.1. The normalized spacial score (nSPS) is 11.3. The maximum atomic E-state index is 12.3. The molecule has 7 heteroatoms. The predicted molar refractivity (Wildman–Crippen MR) is 88.7 cm³/mol. The fraction of sp³-hybridized carbons (Fsp3) is 0.250. The van der Waals surface area contributed by atoms with Crippen LogP contribution < -0.4 is 5.32 Å². The fourth-order valence-corrected chi connectivity index (χ4v) is 3.20. The number of aliphatic hydroxyl groups excluding tert-OH is 2. The Hall–Kier alpha value is -2.22. The molecule has 6 nitrogen and oxygen atoms in total. The molecule has 1 aromatic carbocycles. The number of aryl methyl sites for hydroxylation is 1. The number of carbonyl (C=O) groups is 1. The minimum absolute atomic E-state index is 0.312. The highest BCUT2D eigenvalue weighted by molar-refractivity contribution is 7.15. The van der Waals surface area contributed by atoms with Crippen molar-refractivity contribution in [3.63, 3.8) is 0 Å². The number of aromatic nitrogens is 2. The van der Waals surface area contributed by atoms with Crippen LogP contribution in [-0.2, 0) is 0 Å². The number of fused-ring (bicyclic) bond motifs is 1. The Labute approximate surface area is 137 Å². The van der Waals surface area contributed by atoms with Gasteiger partial charge in [0, 0.05) is 17.1 Å². The summed E-state index contributed by atoms with van der Waals surface area (Å²) >= 11 is 1.37. The van der Waals surface area contributed by atoms with Gasteiger partial charge in [0.05, 0.1) is 24.9 Å². The van der Waals surface area contributed by atoms with Gasteiger partial charge in [-0.2, -0.15) is 0 Å². The minimum Gasteiger partial charge on any atom is -0.394 e. The highest BCUT2D eigenvalue weighted by Crippen LogP contribution is 2.25. The molecule has 0 spiro atoms. The third kappa shape index (κ3) is 2.98. The predicted octanol–water partition coefficient (Wildman–Crippen LogP) is 1.45. The number of amides is 1. The van der Waals surface area contributed by atoms with E-state index in [-0.39, 0.29) is 19.1 Å². The van der Waals surface area contributed by atoms with Gasteiger partial charge >= 0.3 is 0 Å². The number of hydrogen-bond acceptors (Lipinski definition) is 5. The quantitative estimate of drug-likeness (QED) is 0.660. The maximum absolute atomic E-state index is 12.3. The Morgan fingerprint density at radius 3 is 2.78 bits per heavy atom. The van der Waals surface area contributed by atoms with Crippen LogP contribution in [-0.4, -0.2) is 44.8 Å². The summed E-state index contributed by atoms with van der Waals surface area (Å²) in [5.74, 6) is -0.349. The van der Waals surface area contributed by atoms with E-state index in [2.05, 4.69) is 10.3 Å². The Morgan fingerprint density at radius 1 is 1.35 bits per heavy atom. The molecule has 3 aromatic rings. The average molecular weight is 331 g/mol. The third-order valence-electron chi connectivity index (χ3n) is 3.64. The maximum Gasteiger partial charge on any atom is 0.269 e. The van der Waals surface area contributed by atoms with Gasteiger partial charge < -0.3 is 15.5 Å². The Balaban J connectivity index is 1.95. The molecular weight excluding hydrogens is 314 g/mol. The Kier molecular flexibility index (Phi) is 4.42. The van der Waals surface area contributed by atoms with E-state index in [9.17, 15) is 4.79 Å². The van der Waals surface area contributed by atoms with Crippen molar-refractivity contribution in [2.75, 3.05) is 13.2 Å². The molecule has 0 saturated carbocycles. The van der Waals surface area contributed by atoms with Crippen LogP contribution in [0.1, 0.15) is 16.1 Å². The van der Waals surface area contributed by atoms with Gasteiger partial charge in [-0.05, 0) is 12.5 Å². The number of aliphatic hydroxyl groups is 2. The van der Waals surface area contributed by atoms with E-state index in [4.69, 9.17) is 10.2 Å². The van der Waals surface area contributed by atoms with Crippen molar-refractivity contribution in [3.8, 4) is 11.3 Å². The summed E-state index contributed by atoms with van der Waals surface area (Å²) in [5, 5.41) is 22.5. The molecule has 3 rings (SSSR count). The lowest BCUT2D eigenvalue weighted by Crippen LogP contribution is -2.40.